The van der Waals surface area contributed by atoms with Crippen LogP contribution in [0.5, 0.6) is 0 Å². The summed E-state index contributed by atoms with van der Waals surface area (Å²) in [5.74, 6) is 0.267. The predicted octanol–water partition coefficient (Wildman–Crippen LogP) is 1.22. The van der Waals surface area contributed by atoms with Crippen molar-refractivity contribution < 1.29 is 9.90 Å². The number of amides is 1. The summed E-state index contributed by atoms with van der Waals surface area (Å²) in [6.45, 7) is 4.22. The van der Waals surface area contributed by atoms with Gasteiger partial charge in [-0.25, -0.2) is 0 Å². The van der Waals surface area contributed by atoms with E-state index in [1.54, 1.807) is 6.07 Å². The van der Waals surface area contributed by atoms with Crippen molar-refractivity contribution in [3.8, 4) is 0 Å². The summed E-state index contributed by atoms with van der Waals surface area (Å²) in [6.07, 6.45) is 2.08. The maximum atomic E-state index is 12.1. The van der Waals surface area contributed by atoms with Gasteiger partial charge in [-0.15, -0.1) is 0 Å². The Labute approximate surface area is 119 Å². The molecule has 1 atom stereocenters. The Balaban J connectivity index is 1.90. The van der Waals surface area contributed by atoms with Crippen LogP contribution in [-0.4, -0.2) is 42.2 Å². The molecule has 1 aromatic rings. The van der Waals surface area contributed by atoms with Gasteiger partial charge in [0.25, 0.3) is 0 Å². The van der Waals surface area contributed by atoms with Crippen molar-refractivity contribution in [3.63, 3.8) is 0 Å². The van der Waals surface area contributed by atoms with Gasteiger partial charge in [0.2, 0.25) is 5.91 Å². The summed E-state index contributed by atoms with van der Waals surface area (Å²) in [5, 5.41) is 12.1. The number of anilines is 2. The van der Waals surface area contributed by atoms with Gasteiger partial charge >= 0.3 is 0 Å². The van der Waals surface area contributed by atoms with E-state index in [2.05, 4.69) is 10.2 Å². The predicted molar refractivity (Wildman–Crippen MR) is 80.5 cm³/mol. The monoisotopic (exact) mass is 277 g/mol. The number of nitrogens with zero attached hydrogens (tertiary/aromatic N) is 1. The third kappa shape index (κ3) is 3.95. The Morgan fingerprint density at radius 1 is 1.55 bits per heavy atom. The molecule has 1 unspecified atom stereocenters. The largest absolute Gasteiger partial charge is 0.399 e. The van der Waals surface area contributed by atoms with Gasteiger partial charge in [-0.3, -0.25) is 9.69 Å². The van der Waals surface area contributed by atoms with E-state index in [1.165, 1.54) is 0 Å². The number of hydrogen-bond acceptors (Lipinski definition) is 4. The van der Waals surface area contributed by atoms with Gasteiger partial charge in [-0.1, -0.05) is 6.07 Å². The lowest BCUT2D eigenvalue weighted by Crippen LogP contribution is -2.41. The van der Waals surface area contributed by atoms with Crippen LogP contribution in [0, 0.1) is 12.8 Å². The first-order valence-electron chi connectivity index (χ1n) is 7.07. The molecule has 1 fully saturated rings. The molecule has 1 aliphatic rings. The second-order valence-corrected chi connectivity index (χ2v) is 5.55. The van der Waals surface area contributed by atoms with E-state index >= 15 is 0 Å². The number of nitrogens with one attached hydrogen (secondary N) is 1. The van der Waals surface area contributed by atoms with Gasteiger partial charge < -0.3 is 16.2 Å². The second-order valence-electron chi connectivity index (χ2n) is 5.55. The van der Waals surface area contributed by atoms with Crippen LogP contribution < -0.4 is 11.1 Å². The van der Waals surface area contributed by atoms with Crippen LogP contribution in [0.2, 0.25) is 0 Å². The molecule has 1 saturated heterocycles. The quantitative estimate of drug-likeness (QED) is 0.723. The minimum atomic E-state index is -0.0303. The molecule has 2 rings (SSSR count). The van der Waals surface area contributed by atoms with Crippen LogP contribution in [0.3, 0.4) is 0 Å². The minimum Gasteiger partial charge on any atom is -0.399 e. The van der Waals surface area contributed by atoms with Crippen molar-refractivity contribution in [3.05, 3.63) is 23.8 Å². The first kappa shape index (κ1) is 14.8. The molecule has 1 amide bonds. The SMILES string of the molecule is Cc1ccc(N)cc1NC(=O)CN1CCCC(CO)C1. The first-order valence-corrected chi connectivity index (χ1v) is 7.07. The molecule has 1 aromatic carbocycles. The number of likely N-dealkylation sites (tertiary alicyclic amines) is 1. The van der Waals surface area contributed by atoms with Crippen LogP contribution in [-0.2, 0) is 4.79 Å². The fourth-order valence-electron chi connectivity index (χ4n) is 2.61. The summed E-state index contributed by atoms with van der Waals surface area (Å²) in [4.78, 5) is 14.2. The molecule has 0 bridgehead atoms. The number of piperidine rings is 1. The Kier molecular flexibility index (Phi) is 4.98. The van der Waals surface area contributed by atoms with Crippen LogP contribution in [0.1, 0.15) is 18.4 Å². The molecule has 0 radical (unpaired) electrons. The van der Waals surface area contributed by atoms with Crippen molar-refractivity contribution in [2.75, 3.05) is 37.3 Å². The molecule has 0 aromatic heterocycles. The first-order chi connectivity index (χ1) is 9.58. The number of aliphatic hydroxyl groups is 1. The van der Waals surface area contributed by atoms with Gasteiger partial charge in [0.15, 0.2) is 0 Å². The lowest BCUT2D eigenvalue weighted by molar-refractivity contribution is -0.117. The van der Waals surface area contributed by atoms with Crippen molar-refractivity contribution >= 4 is 17.3 Å². The lowest BCUT2D eigenvalue weighted by Gasteiger charge is -2.31. The normalized spacial score (nSPS) is 19.8. The standard InChI is InChI=1S/C15H23N3O2/c1-11-4-5-13(16)7-14(11)17-15(20)9-18-6-2-3-12(8-18)10-19/h4-5,7,12,19H,2-3,6,8-10,16H2,1H3,(H,17,20). The summed E-state index contributed by atoms with van der Waals surface area (Å²) in [5.41, 5.74) is 8.15. The lowest BCUT2D eigenvalue weighted by atomic mass is 9.99. The smallest absolute Gasteiger partial charge is 0.238 e. The van der Waals surface area contributed by atoms with E-state index in [1.807, 2.05) is 19.1 Å². The number of carbonyl (C=O) groups is 1. The molecule has 1 aliphatic heterocycles. The van der Waals surface area contributed by atoms with Crippen molar-refractivity contribution in [1.29, 1.82) is 0 Å². The summed E-state index contributed by atoms with van der Waals surface area (Å²) in [7, 11) is 0. The molecular formula is C15H23N3O2. The van der Waals surface area contributed by atoms with E-state index < -0.39 is 0 Å². The third-order valence-electron chi connectivity index (χ3n) is 3.76. The van der Waals surface area contributed by atoms with Crippen LogP contribution >= 0.6 is 0 Å². The molecular weight excluding hydrogens is 254 g/mol. The Morgan fingerprint density at radius 3 is 3.10 bits per heavy atom. The fraction of sp³-hybridized carbons (Fsp3) is 0.533. The zero-order chi connectivity index (χ0) is 14.5. The molecule has 5 nitrogen and oxygen atoms in total. The highest BCUT2D eigenvalue weighted by atomic mass is 16.3. The van der Waals surface area contributed by atoms with Crippen LogP contribution in [0.25, 0.3) is 0 Å². The summed E-state index contributed by atoms with van der Waals surface area (Å²) < 4.78 is 0. The molecule has 110 valence electrons. The highest BCUT2D eigenvalue weighted by molar-refractivity contribution is 5.93. The van der Waals surface area contributed by atoms with Gasteiger partial charge in [0.05, 0.1) is 6.54 Å². The molecule has 5 heteroatoms. The number of carbonyl (C=O) groups excluding carboxylic acids is 1. The van der Waals surface area contributed by atoms with E-state index in [0.29, 0.717) is 18.2 Å². The van der Waals surface area contributed by atoms with Gasteiger partial charge in [0, 0.05) is 24.5 Å². The maximum Gasteiger partial charge on any atom is 0.238 e. The number of nitrogen functional groups attached to an aromatic ring is 1. The Morgan fingerprint density at radius 2 is 2.35 bits per heavy atom. The molecule has 0 spiro atoms. The molecule has 0 saturated carbocycles. The Hall–Kier alpha value is -1.59. The van der Waals surface area contributed by atoms with E-state index in [-0.39, 0.29) is 12.5 Å². The highest BCUT2D eigenvalue weighted by Gasteiger charge is 2.21. The second kappa shape index (κ2) is 6.72. The summed E-state index contributed by atoms with van der Waals surface area (Å²) >= 11 is 0. The number of benzene rings is 1. The Bertz CT molecular complexity index is 476. The number of aryl methyl sites for hydroxylation is 1. The van der Waals surface area contributed by atoms with Crippen molar-refractivity contribution in [2.45, 2.75) is 19.8 Å². The van der Waals surface area contributed by atoms with E-state index in [4.69, 9.17) is 5.73 Å². The van der Waals surface area contributed by atoms with E-state index in [0.717, 1.165) is 37.2 Å². The summed E-state index contributed by atoms with van der Waals surface area (Å²) in [6, 6.07) is 5.50. The van der Waals surface area contributed by atoms with Crippen LogP contribution in [0.15, 0.2) is 18.2 Å². The van der Waals surface area contributed by atoms with Gasteiger partial charge in [-0.2, -0.15) is 0 Å². The number of rotatable bonds is 4. The average Bonchev–Trinajstić information content (AvgIpc) is 2.43. The third-order valence-corrected chi connectivity index (χ3v) is 3.76. The minimum absolute atomic E-state index is 0.0303. The topological polar surface area (TPSA) is 78.6 Å². The van der Waals surface area contributed by atoms with Crippen molar-refractivity contribution in [1.82, 2.24) is 4.90 Å². The highest BCUT2D eigenvalue weighted by Crippen LogP contribution is 2.19. The zero-order valence-corrected chi connectivity index (χ0v) is 11.9. The number of hydrogen-bond donors (Lipinski definition) is 3. The number of nitrogens with two attached hydrogens (primary N) is 1. The molecule has 20 heavy (non-hydrogen) atoms. The fourth-order valence-corrected chi connectivity index (χ4v) is 2.61. The van der Waals surface area contributed by atoms with Gasteiger partial charge in [0.1, 0.15) is 0 Å². The molecule has 1 heterocycles. The zero-order valence-electron chi connectivity index (χ0n) is 11.9. The van der Waals surface area contributed by atoms with Crippen molar-refractivity contribution in [2.24, 2.45) is 5.92 Å². The number of aliphatic hydroxyl groups excluding tert-OH is 1. The maximum absolute atomic E-state index is 12.1. The van der Waals surface area contributed by atoms with Gasteiger partial charge in [-0.05, 0) is 49.9 Å². The molecule has 4 N–H and O–H groups in total. The average molecular weight is 277 g/mol. The van der Waals surface area contributed by atoms with Crippen LogP contribution in [0.4, 0.5) is 11.4 Å². The van der Waals surface area contributed by atoms with E-state index in [9.17, 15) is 9.90 Å². The molecule has 0 aliphatic carbocycles.